The summed E-state index contributed by atoms with van der Waals surface area (Å²) < 4.78 is 0. The van der Waals surface area contributed by atoms with Gasteiger partial charge in [0.25, 0.3) is 0 Å². The molecule has 3 nitrogen and oxygen atoms in total. The van der Waals surface area contributed by atoms with Gasteiger partial charge in [-0.3, -0.25) is 4.79 Å². The molecular weight excluding hydrogens is 260 g/mol. The molecule has 0 aromatic heterocycles. The number of nitrogens with one attached hydrogen (secondary N) is 2. The molecule has 1 fully saturated rings. The maximum atomic E-state index is 11.4. The SMILES string of the molecule is CCC(=O)Nc1ccc(NC2CCCC(C)(C)CC2)cc1. The molecule has 1 atom stereocenters. The highest BCUT2D eigenvalue weighted by atomic mass is 16.1. The van der Waals surface area contributed by atoms with Crippen LogP contribution in [0.2, 0.25) is 0 Å². The summed E-state index contributed by atoms with van der Waals surface area (Å²) in [6.45, 7) is 6.61. The largest absolute Gasteiger partial charge is 0.382 e. The lowest BCUT2D eigenvalue weighted by molar-refractivity contribution is -0.115. The molecule has 1 unspecified atom stereocenters. The molecule has 0 heterocycles. The maximum absolute atomic E-state index is 11.4. The number of rotatable bonds is 4. The molecule has 2 N–H and O–H groups in total. The molecule has 0 radical (unpaired) electrons. The molecule has 1 amide bonds. The van der Waals surface area contributed by atoms with Crippen molar-refractivity contribution < 1.29 is 4.79 Å². The normalized spacial score (nSPS) is 21.4. The third-order valence-electron chi connectivity index (χ3n) is 4.44. The third-order valence-corrected chi connectivity index (χ3v) is 4.44. The van der Waals surface area contributed by atoms with Gasteiger partial charge in [0.15, 0.2) is 0 Å². The van der Waals surface area contributed by atoms with E-state index in [1.54, 1.807) is 0 Å². The van der Waals surface area contributed by atoms with Gasteiger partial charge in [0.2, 0.25) is 5.91 Å². The van der Waals surface area contributed by atoms with Gasteiger partial charge >= 0.3 is 0 Å². The molecule has 1 aliphatic rings. The van der Waals surface area contributed by atoms with Gasteiger partial charge < -0.3 is 10.6 Å². The number of benzene rings is 1. The van der Waals surface area contributed by atoms with E-state index in [-0.39, 0.29) is 5.91 Å². The molecule has 0 aliphatic heterocycles. The summed E-state index contributed by atoms with van der Waals surface area (Å²) >= 11 is 0. The van der Waals surface area contributed by atoms with Gasteiger partial charge in [-0.25, -0.2) is 0 Å². The predicted octanol–water partition coefficient (Wildman–Crippen LogP) is 4.81. The number of carbonyl (C=O) groups excluding carboxylic acids is 1. The third kappa shape index (κ3) is 5.07. The highest BCUT2D eigenvalue weighted by Crippen LogP contribution is 2.34. The van der Waals surface area contributed by atoms with Crippen LogP contribution in [0.5, 0.6) is 0 Å². The van der Waals surface area contributed by atoms with Gasteiger partial charge in [-0.1, -0.05) is 27.2 Å². The molecule has 1 aromatic rings. The Kier molecular flexibility index (Phi) is 5.27. The van der Waals surface area contributed by atoms with E-state index in [2.05, 4.69) is 36.6 Å². The zero-order chi connectivity index (χ0) is 15.3. The van der Waals surface area contributed by atoms with Crippen LogP contribution in [-0.2, 0) is 4.79 Å². The molecule has 21 heavy (non-hydrogen) atoms. The summed E-state index contributed by atoms with van der Waals surface area (Å²) in [6.07, 6.45) is 6.91. The van der Waals surface area contributed by atoms with Crippen molar-refractivity contribution in [3.63, 3.8) is 0 Å². The summed E-state index contributed by atoms with van der Waals surface area (Å²) in [5.41, 5.74) is 2.51. The molecule has 1 saturated carbocycles. The van der Waals surface area contributed by atoms with E-state index in [1.165, 1.54) is 32.1 Å². The van der Waals surface area contributed by atoms with E-state index in [0.29, 0.717) is 17.9 Å². The lowest BCUT2D eigenvalue weighted by atomic mass is 9.85. The number of anilines is 2. The van der Waals surface area contributed by atoms with Crippen LogP contribution in [0.25, 0.3) is 0 Å². The van der Waals surface area contributed by atoms with Crippen LogP contribution in [0.1, 0.15) is 59.3 Å². The van der Waals surface area contributed by atoms with Crippen LogP contribution in [-0.4, -0.2) is 11.9 Å². The summed E-state index contributed by atoms with van der Waals surface area (Å²) in [5, 5.41) is 6.52. The first-order valence-electron chi connectivity index (χ1n) is 8.15. The van der Waals surface area contributed by atoms with Crippen molar-refractivity contribution in [2.75, 3.05) is 10.6 Å². The van der Waals surface area contributed by atoms with E-state index in [9.17, 15) is 4.79 Å². The van der Waals surface area contributed by atoms with Gasteiger partial charge in [-0.05, 0) is 55.4 Å². The molecule has 0 spiro atoms. The van der Waals surface area contributed by atoms with Crippen LogP contribution >= 0.6 is 0 Å². The molecule has 2 rings (SSSR count). The Morgan fingerprint density at radius 3 is 2.48 bits per heavy atom. The Morgan fingerprint density at radius 1 is 1.14 bits per heavy atom. The van der Waals surface area contributed by atoms with Crippen molar-refractivity contribution in [3.8, 4) is 0 Å². The molecule has 3 heteroatoms. The minimum Gasteiger partial charge on any atom is -0.382 e. The molecule has 0 saturated heterocycles. The quantitative estimate of drug-likeness (QED) is 0.781. The van der Waals surface area contributed by atoms with Crippen LogP contribution in [0.3, 0.4) is 0 Å². The minimum absolute atomic E-state index is 0.0571. The lowest BCUT2D eigenvalue weighted by Crippen LogP contribution is -2.19. The van der Waals surface area contributed by atoms with Crippen LogP contribution in [0, 0.1) is 5.41 Å². The Hall–Kier alpha value is -1.51. The van der Waals surface area contributed by atoms with E-state index in [4.69, 9.17) is 0 Å². The van der Waals surface area contributed by atoms with Gasteiger partial charge in [-0.2, -0.15) is 0 Å². The fourth-order valence-electron chi connectivity index (χ4n) is 2.94. The van der Waals surface area contributed by atoms with E-state index in [0.717, 1.165) is 11.4 Å². The van der Waals surface area contributed by atoms with Crippen LogP contribution < -0.4 is 10.6 Å². The Morgan fingerprint density at radius 2 is 1.81 bits per heavy atom. The molecule has 1 aromatic carbocycles. The average Bonchev–Trinajstić information content (AvgIpc) is 2.62. The standard InChI is InChI=1S/C18H28N2O/c1-4-17(21)20-16-9-7-15(8-10-16)19-14-6-5-12-18(2,3)13-11-14/h7-10,14,19H,4-6,11-13H2,1-3H3,(H,20,21). The Labute approximate surface area is 128 Å². The van der Waals surface area contributed by atoms with Crippen molar-refractivity contribution in [2.24, 2.45) is 5.41 Å². The minimum atomic E-state index is 0.0571. The number of carbonyl (C=O) groups is 1. The second kappa shape index (κ2) is 6.97. The van der Waals surface area contributed by atoms with Crippen molar-refractivity contribution in [3.05, 3.63) is 24.3 Å². The fourth-order valence-corrected chi connectivity index (χ4v) is 2.94. The van der Waals surface area contributed by atoms with Gasteiger partial charge in [0, 0.05) is 23.8 Å². The second-order valence-electron chi connectivity index (χ2n) is 6.92. The zero-order valence-electron chi connectivity index (χ0n) is 13.5. The first-order chi connectivity index (χ1) is 9.98. The van der Waals surface area contributed by atoms with Gasteiger partial charge in [0.1, 0.15) is 0 Å². The van der Waals surface area contributed by atoms with E-state index < -0.39 is 0 Å². The van der Waals surface area contributed by atoms with E-state index >= 15 is 0 Å². The highest BCUT2D eigenvalue weighted by Gasteiger charge is 2.24. The van der Waals surface area contributed by atoms with Gasteiger partial charge in [-0.15, -0.1) is 0 Å². The van der Waals surface area contributed by atoms with Crippen LogP contribution in [0.4, 0.5) is 11.4 Å². The summed E-state index contributed by atoms with van der Waals surface area (Å²) in [7, 11) is 0. The van der Waals surface area contributed by atoms with Crippen molar-refractivity contribution >= 4 is 17.3 Å². The molecule has 0 bridgehead atoms. The second-order valence-corrected chi connectivity index (χ2v) is 6.92. The molecular formula is C18H28N2O. The summed E-state index contributed by atoms with van der Waals surface area (Å²) in [6, 6.07) is 8.62. The lowest BCUT2D eigenvalue weighted by Gasteiger charge is -2.22. The first kappa shape index (κ1) is 15.9. The number of amides is 1. The molecule has 116 valence electrons. The monoisotopic (exact) mass is 288 g/mol. The van der Waals surface area contributed by atoms with Crippen molar-refractivity contribution in [1.82, 2.24) is 0 Å². The topological polar surface area (TPSA) is 41.1 Å². The van der Waals surface area contributed by atoms with Crippen molar-refractivity contribution in [2.45, 2.75) is 65.3 Å². The van der Waals surface area contributed by atoms with Gasteiger partial charge in [0.05, 0.1) is 0 Å². The fraction of sp³-hybridized carbons (Fsp3) is 0.611. The zero-order valence-corrected chi connectivity index (χ0v) is 13.5. The maximum Gasteiger partial charge on any atom is 0.224 e. The molecule has 1 aliphatic carbocycles. The summed E-state index contributed by atoms with van der Waals surface area (Å²) in [5.74, 6) is 0.0571. The Balaban J connectivity index is 1.89. The predicted molar refractivity (Wildman–Crippen MR) is 89.6 cm³/mol. The smallest absolute Gasteiger partial charge is 0.224 e. The van der Waals surface area contributed by atoms with E-state index in [1.807, 2.05) is 19.1 Å². The first-order valence-corrected chi connectivity index (χ1v) is 8.15. The average molecular weight is 288 g/mol. The Bertz CT molecular complexity index is 465. The van der Waals surface area contributed by atoms with Crippen LogP contribution in [0.15, 0.2) is 24.3 Å². The number of hydrogen-bond acceptors (Lipinski definition) is 2. The number of hydrogen-bond donors (Lipinski definition) is 2. The summed E-state index contributed by atoms with van der Waals surface area (Å²) in [4.78, 5) is 11.4. The highest BCUT2D eigenvalue weighted by molar-refractivity contribution is 5.90. The van der Waals surface area contributed by atoms with Crippen molar-refractivity contribution in [1.29, 1.82) is 0 Å².